The SMILES string of the molecule is O=C(O)CCCCOc1ccc2cccc(OCC3CCCN3c3ncnc4nc[nH]c34)c2c1. The van der Waals surface area contributed by atoms with E-state index in [0.717, 1.165) is 53.0 Å². The zero-order valence-corrected chi connectivity index (χ0v) is 18.8. The molecule has 5 rings (SSSR count). The average molecular weight is 462 g/mol. The Balaban J connectivity index is 1.27. The van der Waals surface area contributed by atoms with Crippen LogP contribution in [0.5, 0.6) is 11.5 Å². The van der Waals surface area contributed by atoms with Crippen molar-refractivity contribution < 1.29 is 19.4 Å². The number of fused-ring (bicyclic) bond motifs is 2. The number of rotatable bonds is 10. The van der Waals surface area contributed by atoms with Crippen LogP contribution in [-0.4, -0.2) is 56.8 Å². The number of unbranched alkanes of at least 4 members (excludes halogenated alkanes) is 1. The van der Waals surface area contributed by atoms with Gasteiger partial charge in [0.05, 0.1) is 19.0 Å². The van der Waals surface area contributed by atoms with Crippen LogP contribution in [0.25, 0.3) is 21.9 Å². The maximum atomic E-state index is 10.7. The van der Waals surface area contributed by atoms with Gasteiger partial charge in [-0.15, -0.1) is 0 Å². The third-order valence-electron chi connectivity index (χ3n) is 6.15. The highest BCUT2D eigenvalue weighted by molar-refractivity contribution is 5.89. The minimum Gasteiger partial charge on any atom is -0.494 e. The van der Waals surface area contributed by atoms with E-state index in [1.54, 1.807) is 12.7 Å². The third-order valence-corrected chi connectivity index (χ3v) is 6.15. The van der Waals surface area contributed by atoms with Gasteiger partial charge >= 0.3 is 5.97 Å². The maximum absolute atomic E-state index is 10.7. The van der Waals surface area contributed by atoms with Gasteiger partial charge in [-0.1, -0.05) is 18.2 Å². The van der Waals surface area contributed by atoms with Gasteiger partial charge in [-0.3, -0.25) is 4.79 Å². The van der Waals surface area contributed by atoms with Crippen LogP contribution in [-0.2, 0) is 4.79 Å². The number of aromatic amines is 1. The first-order valence-corrected chi connectivity index (χ1v) is 11.6. The summed E-state index contributed by atoms with van der Waals surface area (Å²) in [4.78, 5) is 29.1. The largest absolute Gasteiger partial charge is 0.494 e. The van der Waals surface area contributed by atoms with Gasteiger partial charge in [-0.05, 0) is 49.3 Å². The van der Waals surface area contributed by atoms with Crippen molar-refractivity contribution in [1.82, 2.24) is 19.9 Å². The Hall–Kier alpha value is -3.88. The molecule has 1 saturated heterocycles. The summed E-state index contributed by atoms with van der Waals surface area (Å²) in [5.74, 6) is 1.66. The Morgan fingerprint density at radius 1 is 1.15 bits per heavy atom. The van der Waals surface area contributed by atoms with Crippen LogP contribution in [0.2, 0.25) is 0 Å². The summed E-state index contributed by atoms with van der Waals surface area (Å²) in [6, 6.07) is 12.2. The molecule has 0 amide bonds. The lowest BCUT2D eigenvalue weighted by Gasteiger charge is -2.26. The number of carbonyl (C=O) groups is 1. The Bertz CT molecular complexity index is 1290. The molecule has 1 fully saturated rings. The van der Waals surface area contributed by atoms with Crippen LogP contribution in [0, 0.1) is 0 Å². The van der Waals surface area contributed by atoms with Crippen molar-refractivity contribution in [3.63, 3.8) is 0 Å². The van der Waals surface area contributed by atoms with Gasteiger partial charge in [0.25, 0.3) is 0 Å². The van der Waals surface area contributed by atoms with Crippen molar-refractivity contribution in [2.24, 2.45) is 0 Å². The number of benzene rings is 2. The molecule has 0 saturated carbocycles. The second kappa shape index (κ2) is 9.94. The van der Waals surface area contributed by atoms with Gasteiger partial charge < -0.3 is 24.5 Å². The van der Waals surface area contributed by atoms with Gasteiger partial charge in [0.1, 0.15) is 29.9 Å². The van der Waals surface area contributed by atoms with Crippen LogP contribution < -0.4 is 14.4 Å². The second-order valence-electron chi connectivity index (χ2n) is 8.44. The predicted molar refractivity (Wildman–Crippen MR) is 128 cm³/mol. The molecule has 0 bridgehead atoms. The number of anilines is 1. The number of aromatic nitrogens is 4. The molecule has 2 N–H and O–H groups in total. The molecular formula is C25H27N5O4. The number of nitrogens with zero attached hydrogens (tertiary/aromatic N) is 4. The van der Waals surface area contributed by atoms with Crippen molar-refractivity contribution in [3.8, 4) is 11.5 Å². The van der Waals surface area contributed by atoms with Gasteiger partial charge in [0.2, 0.25) is 0 Å². The van der Waals surface area contributed by atoms with Gasteiger partial charge in [-0.25, -0.2) is 15.0 Å². The molecule has 1 aliphatic heterocycles. The van der Waals surface area contributed by atoms with Gasteiger partial charge in [0.15, 0.2) is 11.5 Å². The van der Waals surface area contributed by atoms with E-state index in [4.69, 9.17) is 14.6 Å². The van der Waals surface area contributed by atoms with Crippen LogP contribution in [0.15, 0.2) is 49.1 Å². The summed E-state index contributed by atoms with van der Waals surface area (Å²) >= 11 is 0. The van der Waals surface area contributed by atoms with Crippen molar-refractivity contribution in [1.29, 1.82) is 0 Å². The summed E-state index contributed by atoms with van der Waals surface area (Å²) in [5, 5.41) is 10.8. The van der Waals surface area contributed by atoms with E-state index in [1.165, 1.54) is 0 Å². The first-order chi connectivity index (χ1) is 16.7. The fraction of sp³-hybridized carbons (Fsp3) is 0.360. The number of aliphatic carboxylic acids is 1. The lowest BCUT2D eigenvalue weighted by molar-refractivity contribution is -0.137. The third kappa shape index (κ3) is 4.73. The lowest BCUT2D eigenvalue weighted by atomic mass is 10.1. The molecule has 0 aliphatic carbocycles. The highest BCUT2D eigenvalue weighted by atomic mass is 16.5. The van der Waals surface area contributed by atoms with Crippen LogP contribution in [0.3, 0.4) is 0 Å². The molecule has 1 unspecified atom stereocenters. The number of hydrogen-bond donors (Lipinski definition) is 2. The Morgan fingerprint density at radius 2 is 2.09 bits per heavy atom. The number of imidazole rings is 1. The molecule has 1 aliphatic rings. The van der Waals surface area contributed by atoms with E-state index in [0.29, 0.717) is 31.7 Å². The van der Waals surface area contributed by atoms with Crippen LogP contribution >= 0.6 is 0 Å². The van der Waals surface area contributed by atoms with Crippen LogP contribution in [0.4, 0.5) is 5.82 Å². The molecule has 0 radical (unpaired) electrons. The highest BCUT2D eigenvalue weighted by Gasteiger charge is 2.28. The second-order valence-corrected chi connectivity index (χ2v) is 8.44. The Labute approximate surface area is 196 Å². The summed E-state index contributed by atoms with van der Waals surface area (Å²) in [6.45, 7) is 1.94. The number of ether oxygens (including phenoxy) is 2. The first kappa shape index (κ1) is 21.9. The lowest BCUT2D eigenvalue weighted by Crippen LogP contribution is -2.35. The first-order valence-electron chi connectivity index (χ1n) is 11.6. The molecule has 2 aromatic heterocycles. The molecule has 4 aromatic rings. The molecule has 9 heteroatoms. The van der Waals surface area contributed by atoms with Crippen molar-refractivity contribution in [2.75, 3.05) is 24.7 Å². The van der Waals surface area contributed by atoms with E-state index in [9.17, 15) is 4.79 Å². The van der Waals surface area contributed by atoms with Crippen molar-refractivity contribution in [3.05, 3.63) is 49.1 Å². The summed E-state index contributed by atoms with van der Waals surface area (Å²) in [6.07, 6.45) is 6.77. The number of nitrogens with one attached hydrogen (secondary N) is 1. The molecule has 3 heterocycles. The van der Waals surface area contributed by atoms with E-state index >= 15 is 0 Å². The standard InChI is InChI=1S/C25H27N5O4/c31-22(32)8-1-2-12-33-19-10-9-17-5-3-7-21(20(17)13-19)34-14-18-6-4-11-30(18)25-23-24(27-15-26-23)28-16-29-25/h3,5,7,9-10,13,15-16,18H,1-2,4,6,8,11-12,14H2,(H,31,32)(H,26,27,28,29). The summed E-state index contributed by atoms with van der Waals surface area (Å²) < 4.78 is 12.2. The minimum atomic E-state index is -0.776. The fourth-order valence-electron chi connectivity index (χ4n) is 4.45. The smallest absolute Gasteiger partial charge is 0.303 e. The summed E-state index contributed by atoms with van der Waals surface area (Å²) in [5.41, 5.74) is 1.52. The monoisotopic (exact) mass is 461 g/mol. The zero-order chi connectivity index (χ0) is 23.3. The molecule has 0 spiro atoms. The maximum Gasteiger partial charge on any atom is 0.303 e. The van der Waals surface area contributed by atoms with Gasteiger partial charge in [-0.2, -0.15) is 0 Å². The van der Waals surface area contributed by atoms with E-state index in [-0.39, 0.29) is 12.5 Å². The average Bonchev–Trinajstić information content (AvgIpc) is 3.51. The number of hydrogen-bond acceptors (Lipinski definition) is 7. The zero-order valence-electron chi connectivity index (χ0n) is 18.8. The van der Waals surface area contributed by atoms with Crippen molar-refractivity contribution >= 4 is 33.7 Å². The normalized spacial score (nSPS) is 15.8. The molecule has 2 aromatic carbocycles. The molecule has 1 atom stereocenters. The van der Waals surface area contributed by atoms with E-state index in [1.807, 2.05) is 30.3 Å². The minimum absolute atomic E-state index is 0.165. The van der Waals surface area contributed by atoms with Gasteiger partial charge in [0, 0.05) is 18.4 Å². The molecular weight excluding hydrogens is 434 g/mol. The van der Waals surface area contributed by atoms with Crippen LogP contribution in [0.1, 0.15) is 32.1 Å². The highest BCUT2D eigenvalue weighted by Crippen LogP contribution is 2.32. The predicted octanol–water partition coefficient (Wildman–Crippen LogP) is 4.19. The topological polar surface area (TPSA) is 113 Å². The quantitative estimate of drug-likeness (QED) is 0.338. The number of carboxylic acid groups (broad SMARTS) is 1. The summed E-state index contributed by atoms with van der Waals surface area (Å²) in [7, 11) is 0. The van der Waals surface area contributed by atoms with E-state index in [2.05, 4.69) is 30.9 Å². The molecule has 34 heavy (non-hydrogen) atoms. The Morgan fingerprint density at radius 3 is 3.00 bits per heavy atom. The molecule has 176 valence electrons. The number of H-pyrrole nitrogens is 1. The van der Waals surface area contributed by atoms with Crippen molar-refractivity contribution in [2.45, 2.75) is 38.1 Å². The van der Waals surface area contributed by atoms with E-state index < -0.39 is 5.97 Å². The Kier molecular flexibility index (Phi) is 6.42. The molecule has 9 nitrogen and oxygen atoms in total. The number of carboxylic acids is 1. The fourth-order valence-corrected chi connectivity index (χ4v) is 4.45.